The lowest BCUT2D eigenvalue weighted by Gasteiger charge is -2.11. The number of nitrogens with zero attached hydrogens (tertiary/aromatic N) is 2. The molecule has 0 unspecified atom stereocenters. The molecule has 1 aromatic carbocycles. The fourth-order valence-corrected chi connectivity index (χ4v) is 2.79. The average molecular weight is 377 g/mol. The van der Waals surface area contributed by atoms with Crippen molar-refractivity contribution in [2.45, 2.75) is 31.5 Å². The normalized spacial score (nSPS) is 11.6. The number of hydrogen-bond acceptors (Lipinski definition) is 5. The third kappa shape index (κ3) is 5.08. The summed E-state index contributed by atoms with van der Waals surface area (Å²) in [5, 5.41) is 12.9. The summed E-state index contributed by atoms with van der Waals surface area (Å²) in [5.74, 6) is -0.0152. The zero-order valence-corrected chi connectivity index (χ0v) is 15.4. The molecule has 0 spiro atoms. The van der Waals surface area contributed by atoms with Crippen molar-refractivity contribution in [3.05, 3.63) is 45.2 Å². The Morgan fingerprint density at radius 2 is 2.12 bits per heavy atom. The Morgan fingerprint density at radius 3 is 2.72 bits per heavy atom. The molecule has 2 aromatic rings. The summed E-state index contributed by atoms with van der Waals surface area (Å²) in [6.45, 7) is 3.90. The van der Waals surface area contributed by atoms with E-state index in [1.165, 1.54) is 0 Å². The standard InChI is InChI=1S/C17H17ClN4O2S/c1-3-10(2)20-14(23)9-25-17-21-15(13(8-19)16(24)22-17)11-4-6-12(18)7-5-11/h4-7,10H,3,9H2,1-2H3,(H,20,23)(H,21,22,24)/t10-/m1/s1. The van der Waals surface area contributed by atoms with Crippen LogP contribution in [0.1, 0.15) is 25.8 Å². The molecule has 6 nitrogen and oxygen atoms in total. The summed E-state index contributed by atoms with van der Waals surface area (Å²) in [6.07, 6.45) is 0.836. The Kier molecular flexibility index (Phi) is 6.62. The number of aromatic nitrogens is 2. The minimum absolute atomic E-state index is 0.0734. The molecule has 1 atom stereocenters. The maximum absolute atomic E-state index is 12.1. The van der Waals surface area contributed by atoms with E-state index in [0.717, 1.165) is 18.2 Å². The Balaban J connectivity index is 2.26. The quantitative estimate of drug-likeness (QED) is 0.596. The van der Waals surface area contributed by atoms with Crippen molar-refractivity contribution >= 4 is 29.3 Å². The third-order valence-electron chi connectivity index (χ3n) is 3.49. The molecule has 0 saturated heterocycles. The summed E-state index contributed by atoms with van der Waals surface area (Å²) >= 11 is 6.98. The van der Waals surface area contributed by atoms with Crippen molar-refractivity contribution in [2.75, 3.05) is 5.75 Å². The molecule has 0 fully saturated rings. The van der Waals surface area contributed by atoms with Crippen molar-refractivity contribution in [3.63, 3.8) is 0 Å². The van der Waals surface area contributed by atoms with Gasteiger partial charge in [0.15, 0.2) is 5.16 Å². The number of nitriles is 1. The molecule has 25 heavy (non-hydrogen) atoms. The molecular weight excluding hydrogens is 360 g/mol. The van der Waals surface area contributed by atoms with Crippen LogP contribution < -0.4 is 10.9 Å². The molecule has 1 aromatic heterocycles. The number of carbonyl (C=O) groups excluding carboxylic acids is 1. The maximum Gasteiger partial charge on any atom is 0.270 e. The van der Waals surface area contributed by atoms with Crippen LogP contribution >= 0.6 is 23.4 Å². The van der Waals surface area contributed by atoms with E-state index in [-0.39, 0.29) is 34.1 Å². The molecular formula is C17H17ClN4O2S. The number of benzene rings is 1. The van der Waals surface area contributed by atoms with Crippen molar-refractivity contribution < 1.29 is 4.79 Å². The number of H-pyrrole nitrogens is 1. The zero-order valence-electron chi connectivity index (χ0n) is 13.8. The van der Waals surface area contributed by atoms with Gasteiger partial charge in [-0.25, -0.2) is 4.98 Å². The van der Waals surface area contributed by atoms with Crippen LogP contribution in [0.3, 0.4) is 0 Å². The smallest absolute Gasteiger partial charge is 0.270 e. The number of hydrogen-bond donors (Lipinski definition) is 2. The van der Waals surface area contributed by atoms with Gasteiger partial charge in [-0.05, 0) is 25.5 Å². The first-order valence-corrected chi connectivity index (χ1v) is 9.03. The van der Waals surface area contributed by atoms with Gasteiger partial charge in [0.25, 0.3) is 5.56 Å². The van der Waals surface area contributed by atoms with E-state index in [1.54, 1.807) is 24.3 Å². The van der Waals surface area contributed by atoms with E-state index in [4.69, 9.17) is 11.6 Å². The Hall–Kier alpha value is -2.30. The molecule has 8 heteroatoms. The lowest BCUT2D eigenvalue weighted by atomic mass is 10.1. The lowest BCUT2D eigenvalue weighted by molar-refractivity contribution is -0.119. The van der Waals surface area contributed by atoms with E-state index in [2.05, 4.69) is 15.3 Å². The van der Waals surface area contributed by atoms with Crippen molar-refractivity contribution in [3.8, 4) is 17.3 Å². The van der Waals surface area contributed by atoms with Crippen LogP contribution in [0.5, 0.6) is 0 Å². The van der Waals surface area contributed by atoms with Gasteiger partial charge in [0.2, 0.25) is 5.91 Å². The minimum Gasteiger partial charge on any atom is -0.353 e. The van der Waals surface area contributed by atoms with Crippen LogP contribution in [0.25, 0.3) is 11.3 Å². The molecule has 2 N–H and O–H groups in total. The predicted molar refractivity (Wildman–Crippen MR) is 98.6 cm³/mol. The Bertz CT molecular complexity index is 858. The predicted octanol–water partition coefficient (Wildman–Crippen LogP) is 2.97. The highest BCUT2D eigenvalue weighted by Gasteiger charge is 2.15. The van der Waals surface area contributed by atoms with Gasteiger partial charge in [0.05, 0.1) is 11.4 Å². The van der Waals surface area contributed by atoms with Gasteiger partial charge >= 0.3 is 0 Å². The van der Waals surface area contributed by atoms with Crippen molar-refractivity contribution in [1.29, 1.82) is 5.26 Å². The van der Waals surface area contributed by atoms with Crippen LogP contribution in [0.15, 0.2) is 34.2 Å². The Morgan fingerprint density at radius 1 is 1.44 bits per heavy atom. The highest BCUT2D eigenvalue weighted by Crippen LogP contribution is 2.23. The molecule has 0 aliphatic rings. The fourth-order valence-electron chi connectivity index (χ4n) is 1.99. The number of halogens is 1. The first kappa shape index (κ1) is 19.0. The van der Waals surface area contributed by atoms with Crippen LogP contribution in [-0.2, 0) is 4.79 Å². The zero-order chi connectivity index (χ0) is 18.4. The van der Waals surface area contributed by atoms with Crippen molar-refractivity contribution in [1.82, 2.24) is 15.3 Å². The highest BCUT2D eigenvalue weighted by atomic mass is 35.5. The van der Waals surface area contributed by atoms with Crippen LogP contribution in [0.4, 0.5) is 0 Å². The first-order valence-electron chi connectivity index (χ1n) is 7.67. The van der Waals surface area contributed by atoms with Gasteiger partial charge < -0.3 is 10.3 Å². The molecule has 1 amide bonds. The number of thioether (sulfide) groups is 1. The highest BCUT2D eigenvalue weighted by molar-refractivity contribution is 7.99. The number of nitrogens with one attached hydrogen (secondary N) is 2. The molecule has 0 aliphatic carbocycles. The van der Waals surface area contributed by atoms with Crippen molar-refractivity contribution in [2.24, 2.45) is 0 Å². The van der Waals surface area contributed by atoms with E-state index in [1.807, 2.05) is 19.9 Å². The lowest BCUT2D eigenvalue weighted by Crippen LogP contribution is -2.33. The second-order valence-corrected chi connectivity index (χ2v) is 6.78. The second kappa shape index (κ2) is 8.70. The van der Waals surface area contributed by atoms with Gasteiger partial charge in [0, 0.05) is 16.6 Å². The van der Waals surface area contributed by atoms with E-state index in [9.17, 15) is 14.9 Å². The van der Waals surface area contributed by atoms with E-state index in [0.29, 0.717) is 10.6 Å². The van der Waals surface area contributed by atoms with Gasteiger partial charge in [-0.3, -0.25) is 9.59 Å². The average Bonchev–Trinajstić information content (AvgIpc) is 2.60. The third-order valence-corrected chi connectivity index (χ3v) is 4.61. The molecule has 0 saturated carbocycles. The van der Waals surface area contributed by atoms with Gasteiger partial charge in [-0.1, -0.05) is 42.4 Å². The van der Waals surface area contributed by atoms with Crippen LogP contribution in [0.2, 0.25) is 5.02 Å². The van der Waals surface area contributed by atoms with Crippen LogP contribution in [0, 0.1) is 11.3 Å². The van der Waals surface area contributed by atoms with Crippen LogP contribution in [-0.4, -0.2) is 27.7 Å². The molecule has 2 rings (SSSR count). The van der Waals surface area contributed by atoms with Gasteiger partial charge in [0.1, 0.15) is 11.6 Å². The Labute approximate surface area is 154 Å². The number of rotatable bonds is 6. The van der Waals surface area contributed by atoms with E-state index < -0.39 is 5.56 Å². The minimum atomic E-state index is -0.535. The molecule has 1 heterocycles. The summed E-state index contributed by atoms with van der Waals surface area (Å²) < 4.78 is 0. The molecule has 130 valence electrons. The second-order valence-electron chi connectivity index (χ2n) is 5.38. The fraction of sp³-hybridized carbons (Fsp3) is 0.294. The molecule has 0 bridgehead atoms. The SMILES string of the molecule is CC[C@@H](C)NC(=O)CSc1nc(-c2ccc(Cl)cc2)c(C#N)c(=O)[nH]1. The topological polar surface area (TPSA) is 98.6 Å². The summed E-state index contributed by atoms with van der Waals surface area (Å²) in [5.41, 5.74) is 0.272. The first-order chi connectivity index (χ1) is 11.9. The van der Waals surface area contributed by atoms with Gasteiger partial charge in [-0.15, -0.1) is 0 Å². The largest absolute Gasteiger partial charge is 0.353 e. The number of aromatic amines is 1. The summed E-state index contributed by atoms with van der Waals surface area (Å²) in [6, 6.07) is 8.66. The monoisotopic (exact) mass is 376 g/mol. The summed E-state index contributed by atoms with van der Waals surface area (Å²) in [7, 11) is 0. The number of carbonyl (C=O) groups is 1. The molecule has 0 aliphatic heterocycles. The van der Waals surface area contributed by atoms with Gasteiger partial charge in [-0.2, -0.15) is 5.26 Å². The number of amides is 1. The molecule has 0 radical (unpaired) electrons. The maximum atomic E-state index is 12.1. The summed E-state index contributed by atoms with van der Waals surface area (Å²) in [4.78, 5) is 30.9. The van der Waals surface area contributed by atoms with E-state index >= 15 is 0 Å².